The normalized spacial score (nSPS) is 11.2. The molecule has 0 aliphatic rings. The van der Waals surface area contributed by atoms with E-state index in [1.165, 1.54) is 4.31 Å². The zero-order valence-corrected chi connectivity index (χ0v) is 12.1. The molecular weight excluding hydrogens is 262 g/mol. The maximum Gasteiger partial charge on any atom is 0.243 e. The van der Waals surface area contributed by atoms with Gasteiger partial charge in [-0.05, 0) is 18.2 Å². The summed E-state index contributed by atoms with van der Waals surface area (Å²) in [6.45, 7) is 4.51. The molecule has 1 N–H and O–H groups in total. The van der Waals surface area contributed by atoms with Crippen LogP contribution >= 0.6 is 0 Å². The van der Waals surface area contributed by atoms with Gasteiger partial charge in [-0.1, -0.05) is 31.8 Å². The van der Waals surface area contributed by atoms with E-state index < -0.39 is 10.0 Å². The molecule has 19 heavy (non-hydrogen) atoms. The lowest BCUT2D eigenvalue weighted by Crippen LogP contribution is -2.30. The van der Waals surface area contributed by atoms with Crippen molar-refractivity contribution in [2.24, 2.45) is 0 Å². The molecule has 0 atom stereocenters. The Kier molecular flexibility index (Phi) is 6.03. The molecule has 1 rings (SSSR count). The topological polar surface area (TPSA) is 57.6 Å². The van der Waals surface area contributed by atoms with E-state index in [1.807, 2.05) is 13.8 Å². The van der Waals surface area contributed by atoms with E-state index in [2.05, 4.69) is 11.8 Å². The molecule has 5 heteroatoms. The standard InChI is InChI=1S/C14H19NO3S/c1-3-15(4-2)19(17,18)14-10-7-9-13(12-14)8-5-6-11-16/h7,9-10,12,16H,3-4,6,11H2,1-2H3. The molecule has 1 aromatic rings. The van der Waals surface area contributed by atoms with Crippen molar-refractivity contribution in [3.63, 3.8) is 0 Å². The Labute approximate surface area is 115 Å². The fraction of sp³-hybridized carbons (Fsp3) is 0.429. The molecule has 0 spiro atoms. The Hall–Kier alpha value is -1.35. The molecule has 0 aliphatic heterocycles. The summed E-state index contributed by atoms with van der Waals surface area (Å²) >= 11 is 0. The lowest BCUT2D eigenvalue weighted by atomic mass is 10.2. The Morgan fingerprint density at radius 3 is 2.53 bits per heavy atom. The van der Waals surface area contributed by atoms with Gasteiger partial charge in [0.25, 0.3) is 0 Å². The Bertz CT molecular complexity index is 566. The number of hydrogen-bond acceptors (Lipinski definition) is 3. The minimum atomic E-state index is -3.44. The minimum Gasteiger partial charge on any atom is -0.395 e. The molecule has 0 radical (unpaired) electrons. The highest BCUT2D eigenvalue weighted by molar-refractivity contribution is 7.89. The first-order valence-electron chi connectivity index (χ1n) is 6.26. The quantitative estimate of drug-likeness (QED) is 0.831. The van der Waals surface area contributed by atoms with Crippen LogP contribution in [0, 0.1) is 11.8 Å². The second kappa shape index (κ2) is 7.29. The van der Waals surface area contributed by atoms with Gasteiger partial charge in [-0.2, -0.15) is 4.31 Å². The van der Waals surface area contributed by atoms with Gasteiger partial charge >= 0.3 is 0 Å². The largest absolute Gasteiger partial charge is 0.395 e. The van der Waals surface area contributed by atoms with Crippen LogP contribution in [0.1, 0.15) is 25.8 Å². The molecule has 0 amide bonds. The average molecular weight is 281 g/mol. The van der Waals surface area contributed by atoms with E-state index in [1.54, 1.807) is 24.3 Å². The number of rotatable bonds is 5. The van der Waals surface area contributed by atoms with E-state index in [-0.39, 0.29) is 11.5 Å². The summed E-state index contributed by atoms with van der Waals surface area (Å²) in [4.78, 5) is 0.256. The van der Waals surface area contributed by atoms with Crippen LogP contribution in [0.5, 0.6) is 0 Å². The van der Waals surface area contributed by atoms with Gasteiger partial charge in [0.2, 0.25) is 10.0 Å². The molecule has 4 nitrogen and oxygen atoms in total. The van der Waals surface area contributed by atoms with Crippen LogP contribution in [0.25, 0.3) is 0 Å². The van der Waals surface area contributed by atoms with Crippen molar-refractivity contribution in [1.29, 1.82) is 0 Å². The molecule has 0 aliphatic carbocycles. The van der Waals surface area contributed by atoms with Gasteiger partial charge in [0.15, 0.2) is 0 Å². The number of aliphatic hydroxyl groups excluding tert-OH is 1. The average Bonchev–Trinajstić information content (AvgIpc) is 2.40. The van der Waals surface area contributed by atoms with Crippen LogP contribution in [-0.2, 0) is 10.0 Å². The van der Waals surface area contributed by atoms with Crippen molar-refractivity contribution >= 4 is 10.0 Å². The molecule has 0 bridgehead atoms. The number of aliphatic hydroxyl groups is 1. The maximum absolute atomic E-state index is 12.3. The highest BCUT2D eigenvalue weighted by Crippen LogP contribution is 2.16. The molecular formula is C14H19NO3S. The second-order valence-electron chi connectivity index (χ2n) is 3.89. The maximum atomic E-state index is 12.3. The van der Waals surface area contributed by atoms with E-state index in [9.17, 15) is 8.42 Å². The summed E-state index contributed by atoms with van der Waals surface area (Å²) in [6, 6.07) is 6.58. The Morgan fingerprint density at radius 2 is 1.95 bits per heavy atom. The number of hydrogen-bond donors (Lipinski definition) is 1. The monoisotopic (exact) mass is 281 g/mol. The van der Waals surface area contributed by atoms with Gasteiger partial charge in [-0.25, -0.2) is 8.42 Å². The van der Waals surface area contributed by atoms with Gasteiger partial charge in [-0.15, -0.1) is 0 Å². The third-order valence-corrected chi connectivity index (χ3v) is 4.69. The molecule has 1 aromatic carbocycles. The second-order valence-corrected chi connectivity index (χ2v) is 5.83. The van der Waals surface area contributed by atoms with E-state index in [0.29, 0.717) is 25.1 Å². The van der Waals surface area contributed by atoms with Gasteiger partial charge in [0.05, 0.1) is 11.5 Å². The lowest BCUT2D eigenvalue weighted by Gasteiger charge is -2.18. The third-order valence-electron chi connectivity index (χ3n) is 2.65. The van der Waals surface area contributed by atoms with Crippen molar-refractivity contribution in [2.45, 2.75) is 25.2 Å². The smallest absolute Gasteiger partial charge is 0.243 e. The van der Waals surface area contributed by atoms with Gasteiger partial charge in [-0.3, -0.25) is 0 Å². The number of benzene rings is 1. The number of nitrogens with zero attached hydrogens (tertiary/aromatic N) is 1. The Morgan fingerprint density at radius 1 is 1.26 bits per heavy atom. The predicted octanol–water partition coefficient (Wildman–Crippen LogP) is 1.45. The van der Waals surface area contributed by atoms with Gasteiger partial charge in [0, 0.05) is 25.1 Å². The zero-order chi connectivity index (χ0) is 14.3. The zero-order valence-electron chi connectivity index (χ0n) is 11.3. The summed E-state index contributed by atoms with van der Waals surface area (Å²) in [5, 5.41) is 8.66. The van der Waals surface area contributed by atoms with Crippen LogP contribution in [0.4, 0.5) is 0 Å². The van der Waals surface area contributed by atoms with Crippen molar-refractivity contribution in [3.05, 3.63) is 29.8 Å². The summed E-state index contributed by atoms with van der Waals surface area (Å²) in [5.74, 6) is 5.62. The predicted molar refractivity (Wildman–Crippen MR) is 75.1 cm³/mol. The molecule has 104 valence electrons. The first-order valence-corrected chi connectivity index (χ1v) is 7.70. The fourth-order valence-corrected chi connectivity index (χ4v) is 3.17. The van der Waals surface area contributed by atoms with Crippen LogP contribution in [0.3, 0.4) is 0 Å². The van der Waals surface area contributed by atoms with Crippen LogP contribution in [0.2, 0.25) is 0 Å². The first kappa shape index (κ1) is 15.7. The van der Waals surface area contributed by atoms with Crippen molar-refractivity contribution in [1.82, 2.24) is 4.31 Å². The highest BCUT2D eigenvalue weighted by Gasteiger charge is 2.21. The highest BCUT2D eigenvalue weighted by atomic mass is 32.2. The summed E-state index contributed by atoms with van der Waals surface area (Å²) in [7, 11) is -3.44. The summed E-state index contributed by atoms with van der Waals surface area (Å²) < 4.78 is 26.0. The SMILES string of the molecule is CCN(CC)S(=O)(=O)c1cccc(C#CCCO)c1. The molecule has 0 fully saturated rings. The minimum absolute atomic E-state index is 0.00440. The van der Waals surface area contributed by atoms with Crippen molar-refractivity contribution in [3.8, 4) is 11.8 Å². The lowest BCUT2D eigenvalue weighted by molar-refractivity contribution is 0.305. The van der Waals surface area contributed by atoms with E-state index >= 15 is 0 Å². The molecule has 0 saturated heterocycles. The Balaban J connectivity index is 3.09. The van der Waals surface area contributed by atoms with Gasteiger partial charge < -0.3 is 5.11 Å². The van der Waals surface area contributed by atoms with Gasteiger partial charge in [0.1, 0.15) is 0 Å². The molecule has 0 saturated carbocycles. The van der Waals surface area contributed by atoms with Crippen molar-refractivity contribution in [2.75, 3.05) is 19.7 Å². The van der Waals surface area contributed by atoms with Crippen molar-refractivity contribution < 1.29 is 13.5 Å². The van der Waals surface area contributed by atoms with E-state index in [0.717, 1.165) is 0 Å². The van der Waals surface area contributed by atoms with Crippen LogP contribution in [0.15, 0.2) is 29.2 Å². The molecule has 0 aromatic heterocycles. The summed E-state index contributed by atoms with van der Waals surface area (Å²) in [5.41, 5.74) is 0.640. The first-order chi connectivity index (χ1) is 9.06. The number of sulfonamides is 1. The summed E-state index contributed by atoms with van der Waals surface area (Å²) in [6.07, 6.45) is 0.382. The fourth-order valence-electron chi connectivity index (χ4n) is 1.67. The van der Waals surface area contributed by atoms with Crippen LogP contribution < -0.4 is 0 Å². The van der Waals surface area contributed by atoms with Crippen LogP contribution in [-0.4, -0.2) is 37.5 Å². The molecule has 0 unspecified atom stereocenters. The molecule has 0 heterocycles. The third kappa shape index (κ3) is 4.06. The van der Waals surface area contributed by atoms with E-state index in [4.69, 9.17) is 5.11 Å².